The molecule has 344 valence electrons. The minimum absolute atomic E-state index is 0.0501. The number of piperidine rings is 2. The largest absolute Gasteiger partial charge is 0.385 e. The lowest BCUT2D eigenvalue weighted by Crippen LogP contribution is -2.52. The molecule has 0 spiro atoms. The van der Waals surface area contributed by atoms with E-state index in [4.69, 9.17) is 0 Å². The van der Waals surface area contributed by atoms with E-state index in [1.165, 1.54) is 11.1 Å². The first-order chi connectivity index (χ1) is 31.9. The summed E-state index contributed by atoms with van der Waals surface area (Å²) in [4.78, 5) is 60.3. The number of aromatic nitrogens is 2. The Labute approximate surface area is 383 Å². The summed E-state index contributed by atoms with van der Waals surface area (Å²) in [5.41, 5.74) is 9.45. The summed E-state index contributed by atoms with van der Waals surface area (Å²) in [7, 11) is 1.77. The first kappa shape index (κ1) is 43.5. The van der Waals surface area contributed by atoms with Gasteiger partial charge in [-0.05, 0) is 78.6 Å². The van der Waals surface area contributed by atoms with E-state index in [0.29, 0.717) is 67.3 Å². The molecule has 0 bridgehead atoms. The molecular formula is C50H56F2N10O4. The topological polar surface area (TPSA) is 150 Å². The average Bonchev–Trinajstić information content (AvgIpc) is 3.88. The van der Waals surface area contributed by atoms with Gasteiger partial charge in [0.1, 0.15) is 11.9 Å². The highest BCUT2D eigenvalue weighted by Crippen LogP contribution is 2.41. The Kier molecular flexibility index (Phi) is 11.7. The SMILES string of the molecule is CC(=O)N1CCC(NC2CCN(Cc3ccc(C4CN(c5cccc6c5CN(C5CCC(=O)NC5=O)C6=O)C4)cc3)CC2)=C(C(=N)N2CCCc3cc(-c4cnn(C)c4)c(C(F)F)cc32)C1. The molecule has 6 aliphatic rings. The van der Waals surface area contributed by atoms with Crippen LogP contribution in [0.2, 0.25) is 0 Å². The molecule has 6 aliphatic heterocycles. The number of alkyl halides is 2. The maximum atomic E-state index is 14.6. The zero-order valence-electron chi connectivity index (χ0n) is 37.5. The molecule has 10 rings (SSSR count). The molecule has 0 aliphatic carbocycles. The zero-order chi connectivity index (χ0) is 45.8. The smallest absolute Gasteiger partial charge is 0.264 e. The van der Waals surface area contributed by atoms with Crippen LogP contribution in [0.5, 0.6) is 0 Å². The van der Waals surface area contributed by atoms with Gasteiger partial charge in [-0.25, -0.2) is 8.78 Å². The fourth-order valence-corrected chi connectivity index (χ4v) is 10.8. The Morgan fingerprint density at radius 2 is 1.71 bits per heavy atom. The lowest BCUT2D eigenvalue weighted by molar-refractivity contribution is -0.137. The van der Waals surface area contributed by atoms with Gasteiger partial charge in [0.15, 0.2) is 0 Å². The van der Waals surface area contributed by atoms with Gasteiger partial charge in [-0.15, -0.1) is 0 Å². The Hall–Kier alpha value is -6.42. The highest BCUT2D eigenvalue weighted by Gasteiger charge is 2.42. The second kappa shape index (κ2) is 17.8. The van der Waals surface area contributed by atoms with E-state index < -0.39 is 18.4 Å². The quantitative estimate of drug-likeness (QED) is 0.101. The third kappa shape index (κ3) is 8.35. The molecule has 1 atom stereocenters. The summed E-state index contributed by atoms with van der Waals surface area (Å²) in [5, 5.41) is 20.0. The van der Waals surface area contributed by atoms with Crippen LogP contribution in [0.1, 0.15) is 96.0 Å². The molecule has 4 aromatic rings. The molecule has 16 heteroatoms. The number of carbonyl (C=O) groups excluding carboxylic acids is 4. The zero-order valence-corrected chi connectivity index (χ0v) is 37.5. The number of anilines is 2. The number of carbonyl (C=O) groups is 4. The molecule has 14 nitrogen and oxygen atoms in total. The van der Waals surface area contributed by atoms with Crippen LogP contribution in [0.4, 0.5) is 20.2 Å². The number of hydrogen-bond acceptors (Lipinski definition) is 9. The van der Waals surface area contributed by atoms with E-state index in [9.17, 15) is 33.4 Å². The molecule has 3 fully saturated rings. The number of hydrogen-bond donors (Lipinski definition) is 3. The minimum Gasteiger partial charge on any atom is -0.385 e. The van der Waals surface area contributed by atoms with E-state index in [1.54, 1.807) is 46.9 Å². The molecule has 7 heterocycles. The van der Waals surface area contributed by atoms with E-state index >= 15 is 0 Å². The third-order valence-electron chi connectivity index (χ3n) is 14.6. The molecule has 0 saturated carbocycles. The number of likely N-dealkylation sites (tertiary alicyclic amines) is 1. The van der Waals surface area contributed by atoms with Crippen LogP contribution in [0.3, 0.4) is 0 Å². The predicted molar refractivity (Wildman–Crippen MR) is 246 cm³/mol. The van der Waals surface area contributed by atoms with E-state index in [-0.39, 0.29) is 41.6 Å². The van der Waals surface area contributed by atoms with Crippen LogP contribution in [-0.2, 0) is 40.9 Å². The van der Waals surface area contributed by atoms with E-state index in [0.717, 1.165) is 86.5 Å². The second-order valence-electron chi connectivity index (χ2n) is 18.8. The lowest BCUT2D eigenvalue weighted by Gasteiger charge is -2.42. The number of halogens is 2. The molecule has 3 aromatic carbocycles. The van der Waals surface area contributed by atoms with Crippen molar-refractivity contribution >= 4 is 40.8 Å². The number of benzene rings is 3. The fourth-order valence-electron chi connectivity index (χ4n) is 10.8. The number of nitrogens with zero attached hydrogens (tertiary/aromatic N) is 7. The highest BCUT2D eigenvalue weighted by molar-refractivity contribution is 6.10. The standard InChI is InChI=1S/C50H56F2N10O4/c1-30(63)59-20-16-42(41(28-59)48(53)61-17-4-5-33-21-38(34-23-54-57(2)25-34)39(47(51)52)22-45(33)61)55-36-14-18-58(19-15-36)24-31-8-10-32(11-9-31)35-26-60(27-35)43-7-3-6-37-40(43)29-62(50(37)66)44-12-13-46(64)56-49(44)65/h3,6-11,21-23,25,35-36,44,47,53,55H,4-5,12-20,24,26-29H2,1-2H3,(H,56,64,65). The van der Waals surface area contributed by atoms with Crippen LogP contribution in [0, 0.1) is 5.41 Å². The molecule has 3 N–H and O–H groups in total. The highest BCUT2D eigenvalue weighted by atomic mass is 19.3. The number of rotatable bonds is 10. The predicted octanol–water partition coefficient (Wildman–Crippen LogP) is 5.88. The molecular weight excluding hydrogens is 843 g/mol. The first-order valence-electron chi connectivity index (χ1n) is 23.3. The van der Waals surface area contributed by atoms with Gasteiger partial charge in [-0.1, -0.05) is 30.3 Å². The van der Waals surface area contributed by atoms with Crippen molar-refractivity contribution in [2.75, 3.05) is 55.6 Å². The van der Waals surface area contributed by atoms with Crippen molar-refractivity contribution in [1.82, 2.24) is 35.1 Å². The molecule has 4 amide bonds. The summed E-state index contributed by atoms with van der Waals surface area (Å²) in [6, 6.07) is 17.7. The van der Waals surface area contributed by atoms with Crippen LogP contribution in [-0.4, -0.2) is 112 Å². The van der Waals surface area contributed by atoms with Gasteiger partial charge in [0.25, 0.3) is 12.3 Å². The fraction of sp³-hybridized carbons (Fsp3) is 0.440. The van der Waals surface area contributed by atoms with Crippen LogP contribution in [0.15, 0.2) is 78.3 Å². The molecule has 0 radical (unpaired) electrons. The van der Waals surface area contributed by atoms with Gasteiger partial charge in [-0.2, -0.15) is 5.10 Å². The lowest BCUT2D eigenvalue weighted by atomic mass is 9.89. The molecule has 1 unspecified atom stereocenters. The first-order valence-corrected chi connectivity index (χ1v) is 23.3. The van der Waals surface area contributed by atoms with E-state index in [2.05, 4.69) is 55.9 Å². The molecule has 66 heavy (non-hydrogen) atoms. The van der Waals surface area contributed by atoms with Crippen molar-refractivity contribution < 1.29 is 28.0 Å². The van der Waals surface area contributed by atoms with Crippen molar-refractivity contribution in [1.29, 1.82) is 5.41 Å². The van der Waals surface area contributed by atoms with Gasteiger partial charge in [0, 0.05) is 142 Å². The minimum atomic E-state index is -2.70. The summed E-state index contributed by atoms with van der Waals surface area (Å²) < 4.78 is 30.8. The van der Waals surface area contributed by atoms with Gasteiger partial charge < -0.3 is 24.9 Å². The second-order valence-corrected chi connectivity index (χ2v) is 18.8. The monoisotopic (exact) mass is 898 g/mol. The summed E-state index contributed by atoms with van der Waals surface area (Å²) in [5.74, 6) is -0.274. The number of amides is 4. The van der Waals surface area contributed by atoms with Crippen molar-refractivity contribution in [2.24, 2.45) is 7.05 Å². The van der Waals surface area contributed by atoms with Gasteiger partial charge in [-0.3, -0.25) is 39.5 Å². The van der Waals surface area contributed by atoms with Crippen LogP contribution >= 0.6 is 0 Å². The summed E-state index contributed by atoms with van der Waals surface area (Å²) >= 11 is 0. The molecule has 3 saturated heterocycles. The van der Waals surface area contributed by atoms with Gasteiger partial charge >= 0.3 is 0 Å². The van der Waals surface area contributed by atoms with E-state index in [1.807, 2.05) is 23.1 Å². The van der Waals surface area contributed by atoms with Crippen molar-refractivity contribution in [3.8, 4) is 11.1 Å². The Bertz CT molecular complexity index is 2630. The van der Waals surface area contributed by atoms with Crippen LogP contribution < -0.4 is 20.4 Å². The van der Waals surface area contributed by atoms with Crippen LogP contribution in [0.25, 0.3) is 11.1 Å². The van der Waals surface area contributed by atoms with Crippen molar-refractivity contribution in [3.05, 3.63) is 112 Å². The van der Waals surface area contributed by atoms with Crippen molar-refractivity contribution in [2.45, 2.75) is 89.4 Å². The van der Waals surface area contributed by atoms with Crippen molar-refractivity contribution in [3.63, 3.8) is 0 Å². The Morgan fingerprint density at radius 3 is 2.42 bits per heavy atom. The number of amidine groups is 1. The number of imide groups is 1. The summed E-state index contributed by atoms with van der Waals surface area (Å²) in [6.07, 6.45) is 5.18. The third-order valence-corrected chi connectivity index (χ3v) is 14.6. The number of fused-ring (bicyclic) bond motifs is 2. The maximum Gasteiger partial charge on any atom is 0.264 e. The molecule has 1 aromatic heterocycles. The number of nitrogens with one attached hydrogen (secondary N) is 3. The maximum absolute atomic E-state index is 14.6. The normalized spacial score (nSPS) is 20.7. The van der Waals surface area contributed by atoms with Gasteiger partial charge in [0.05, 0.1) is 12.7 Å². The van der Waals surface area contributed by atoms with Gasteiger partial charge in [0.2, 0.25) is 17.7 Å². The average molecular weight is 899 g/mol. The Balaban J connectivity index is 0.756. The summed E-state index contributed by atoms with van der Waals surface area (Å²) in [6.45, 7) is 7.66. The number of aryl methyl sites for hydroxylation is 2. The Morgan fingerprint density at radius 1 is 0.924 bits per heavy atom.